The van der Waals surface area contributed by atoms with Crippen LogP contribution in [0.2, 0.25) is 5.02 Å². The number of carbonyl (C=O) groups is 1. The maximum atomic E-state index is 12.6. The topological polar surface area (TPSA) is 84.5 Å². The molecule has 1 amide bonds. The molecule has 0 spiro atoms. The minimum Gasteiger partial charge on any atom is -0.365 e. The molecule has 3 rings (SSSR count). The minimum absolute atomic E-state index is 0.0656. The van der Waals surface area contributed by atoms with Crippen LogP contribution >= 0.6 is 11.6 Å². The first-order chi connectivity index (χ1) is 12.5. The van der Waals surface area contributed by atoms with Gasteiger partial charge in [0.05, 0.1) is 17.6 Å². The van der Waals surface area contributed by atoms with E-state index < -0.39 is 0 Å². The van der Waals surface area contributed by atoms with Gasteiger partial charge in [-0.3, -0.25) is 9.59 Å². The number of piperazine rings is 1. The van der Waals surface area contributed by atoms with Crippen LogP contribution in [0.15, 0.2) is 41.3 Å². The van der Waals surface area contributed by atoms with Gasteiger partial charge in [0.25, 0.3) is 5.56 Å². The summed E-state index contributed by atoms with van der Waals surface area (Å²) in [6.07, 6.45) is 1.61. The van der Waals surface area contributed by atoms with Crippen molar-refractivity contribution in [3.8, 4) is 5.69 Å². The van der Waals surface area contributed by atoms with Crippen molar-refractivity contribution in [2.45, 2.75) is 6.92 Å². The number of rotatable bonds is 4. The van der Waals surface area contributed by atoms with Gasteiger partial charge >= 0.3 is 0 Å². The standard InChI is InChI=1S/C18H22ClN5O2/c1-13(11-20)17(25)23-9-7-22(8-10-23)15-12-21-24(18(26)16(15)19)14-5-3-2-4-6-14/h2-6,12-13H,7-11,20H2,1H3. The monoisotopic (exact) mass is 375 g/mol. The normalized spacial score (nSPS) is 15.8. The first-order valence-corrected chi connectivity index (χ1v) is 8.97. The molecule has 7 nitrogen and oxygen atoms in total. The quantitative estimate of drug-likeness (QED) is 0.865. The highest BCUT2D eigenvalue weighted by atomic mass is 35.5. The van der Waals surface area contributed by atoms with Crippen molar-refractivity contribution in [2.75, 3.05) is 37.6 Å². The third-order valence-electron chi connectivity index (χ3n) is 4.61. The zero-order chi connectivity index (χ0) is 18.7. The van der Waals surface area contributed by atoms with E-state index in [4.69, 9.17) is 17.3 Å². The Balaban J connectivity index is 1.77. The Morgan fingerprint density at radius 1 is 1.23 bits per heavy atom. The zero-order valence-corrected chi connectivity index (χ0v) is 15.4. The van der Waals surface area contributed by atoms with E-state index in [-0.39, 0.29) is 22.4 Å². The highest BCUT2D eigenvalue weighted by Gasteiger charge is 2.26. The molecule has 1 fully saturated rings. The minimum atomic E-state index is -0.356. The van der Waals surface area contributed by atoms with E-state index in [1.54, 1.807) is 23.2 Å². The molecule has 1 aromatic carbocycles. The first-order valence-electron chi connectivity index (χ1n) is 8.60. The van der Waals surface area contributed by atoms with Crippen LogP contribution in [0.4, 0.5) is 5.69 Å². The van der Waals surface area contributed by atoms with Crippen molar-refractivity contribution >= 4 is 23.2 Å². The summed E-state index contributed by atoms with van der Waals surface area (Å²) in [5.74, 6) is -0.113. The second kappa shape index (κ2) is 7.88. The number of halogens is 1. The van der Waals surface area contributed by atoms with Gasteiger partial charge in [-0.15, -0.1) is 0 Å². The number of carbonyl (C=O) groups excluding carboxylic acids is 1. The third kappa shape index (κ3) is 3.59. The Morgan fingerprint density at radius 3 is 2.50 bits per heavy atom. The molecule has 138 valence electrons. The number of amides is 1. The maximum absolute atomic E-state index is 12.6. The van der Waals surface area contributed by atoms with Gasteiger partial charge in [-0.2, -0.15) is 9.78 Å². The Bertz CT molecular complexity index is 831. The number of para-hydroxylation sites is 1. The highest BCUT2D eigenvalue weighted by molar-refractivity contribution is 6.33. The Morgan fingerprint density at radius 2 is 1.88 bits per heavy atom. The number of benzene rings is 1. The number of hydrogen-bond donors (Lipinski definition) is 1. The molecule has 0 bridgehead atoms. The van der Waals surface area contributed by atoms with Gasteiger partial charge in [0.1, 0.15) is 5.02 Å². The van der Waals surface area contributed by atoms with Crippen molar-refractivity contribution in [1.29, 1.82) is 0 Å². The van der Waals surface area contributed by atoms with E-state index in [1.807, 2.05) is 30.0 Å². The van der Waals surface area contributed by atoms with Gasteiger partial charge in [0.2, 0.25) is 5.91 Å². The lowest BCUT2D eigenvalue weighted by Gasteiger charge is -2.37. The summed E-state index contributed by atoms with van der Waals surface area (Å²) in [4.78, 5) is 28.6. The van der Waals surface area contributed by atoms with Crippen molar-refractivity contribution in [3.05, 3.63) is 51.9 Å². The van der Waals surface area contributed by atoms with Crippen LogP contribution < -0.4 is 16.2 Å². The summed E-state index contributed by atoms with van der Waals surface area (Å²) in [5.41, 5.74) is 6.48. The van der Waals surface area contributed by atoms with Gasteiger partial charge in [-0.05, 0) is 12.1 Å². The smallest absolute Gasteiger partial charge is 0.292 e. The molecule has 2 N–H and O–H groups in total. The van der Waals surface area contributed by atoms with Crippen molar-refractivity contribution in [3.63, 3.8) is 0 Å². The summed E-state index contributed by atoms with van der Waals surface area (Å²) in [6.45, 7) is 4.51. The largest absolute Gasteiger partial charge is 0.365 e. The lowest BCUT2D eigenvalue weighted by atomic mass is 10.1. The summed E-state index contributed by atoms with van der Waals surface area (Å²) in [7, 11) is 0. The number of hydrogen-bond acceptors (Lipinski definition) is 5. The Kier molecular flexibility index (Phi) is 5.58. The number of nitrogens with two attached hydrogens (primary N) is 1. The number of aromatic nitrogens is 2. The van der Waals surface area contributed by atoms with E-state index in [2.05, 4.69) is 5.10 Å². The molecule has 2 heterocycles. The predicted octanol–water partition coefficient (Wildman–Crippen LogP) is 1.13. The average molecular weight is 376 g/mol. The van der Waals surface area contributed by atoms with Gasteiger partial charge < -0.3 is 15.5 Å². The molecule has 0 saturated carbocycles. The van der Waals surface area contributed by atoms with Crippen LogP contribution in [-0.4, -0.2) is 53.3 Å². The molecular formula is C18H22ClN5O2. The van der Waals surface area contributed by atoms with Gasteiger partial charge in [0.15, 0.2) is 0 Å². The SMILES string of the molecule is CC(CN)C(=O)N1CCN(c2cnn(-c3ccccc3)c(=O)c2Cl)CC1. The average Bonchev–Trinajstić information content (AvgIpc) is 2.69. The predicted molar refractivity (Wildman–Crippen MR) is 102 cm³/mol. The van der Waals surface area contributed by atoms with Crippen molar-refractivity contribution in [2.24, 2.45) is 11.7 Å². The molecule has 26 heavy (non-hydrogen) atoms. The molecule has 1 aliphatic heterocycles. The van der Waals surface area contributed by atoms with Crippen LogP contribution in [0.1, 0.15) is 6.92 Å². The lowest BCUT2D eigenvalue weighted by Crippen LogP contribution is -2.51. The maximum Gasteiger partial charge on any atom is 0.292 e. The highest BCUT2D eigenvalue weighted by Crippen LogP contribution is 2.23. The molecule has 0 aliphatic carbocycles. The molecule has 1 atom stereocenters. The number of nitrogens with zero attached hydrogens (tertiary/aromatic N) is 4. The number of anilines is 1. The fourth-order valence-electron chi connectivity index (χ4n) is 2.98. The molecule has 1 unspecified atom stereocenters. The summed E-state index contributed by atoms with van der Waals surface area (Å²) >= 11 is 6.34. The van der Waals surface area contributed by atoms with Crippen LogP contribution in [0.25, 0.3) is 5.69 Å². The summed E-state index contributed by atoms with van der Waals surface area (Å²) < 4.78 is 1.29. The Hall–Kier alpha value is -2.38. The third-order valence-corrected chi connectivity index (χ3v) is 4.96. The molecule has 1 aromatic heterocycles. The van der Waals surface area contributed by atoms with Gasteiger partial charge in [-0.25, -0.2) is 0 Å². The molecule has 0 radical (unpaired) electrons. The van der Waals surface area contributed by atoms with Crippen molar-refractivity contribution in [1.82, 2.24) is 14.7 Å². The zero-order valence-electron chi connectivity index (χ0n) is 14.6. The van der Waals surface area contributed by atoms with E-state index >= 15 is 0 Å². The fraction of sp³-hybridized carbons (Fsp3) is 0.389. The molecule has 8 heteroatoms. The fourth-order valence-corrected chi connectivity index (χ4v) is 3.23. The van der Waals surface area contributed by atoms with Gasteiger partial charge in [0, 0.05) is 38.6 Å². The van der Waals surface area contributed by atoms with E-state index in [0.29, 0.717) is 44.1 Å². The second-order valence-corrected chi connectivity index (χ2v) is 6.72. The van der Waals surface area contributed by atoms with Crippen LogP contribution in [0.3, 0.4) is 0 Å². The molecule has 2 aromatic rings. The summed E-state index contributed by atoms with van der Waals surface area (Å²) in [5, 5.41) is 4.40. The lowest BCUT2D eigenvalue weighted by molar-refractivity contribution is -0.134. The van der Waals surface area contributed by atoms with Crippen LogP contribution in [0, 0.1) is 5.92 Å². The second-order valence-electron chi connectivity index (χ2n) is 6.35. The van der Waals surface area contributed by atoms with E-state index in [0.717, 1.165) is 0 Å². The van der Waals surface area contributed by atoms with Crippen LogP contribution in [0.5, 0.6) is 0 Å². The molecule has 1 saturated heterocycles. The van der Waals surface area contributed by atoms with Crippen LogP contribution in [-0.2, 0) is 4.79 Å². The molecule has 1 aliphatic rings. The van der Waals surface area contributed by atoms with Crippen molar-refractivity contribution < 1.29 is 4.79 Å². The van der Waals surface area contributed by atoms with E-state index in [9.17, 15) is 9.59 Å². The summed E-state index contributed by atoms with van der Waals surface area (Å²) in [6, 6.07) is 9.14. The first kappa shape index (κ1) is 18.4. The van der Waals surface area contributed by atoms with E-state index in [1.165, 1.54) is 4.68 Å². The molecular weight excluding hydrogens is 354 g/mol. The van der Waals surface area contributed by atoms with Gasteiger partial charge in [-0.1, -0.05) is 36.7 Å². The Labute approximate surface area is 157 Å².